The number of aryl methyl sites for hydroxylation is 2. The number of benzene rings is 1. The Labute approximate surface area is 147 Å². The van der Waals surface area contributed by atoms with Gasteiger partial charge in [-0.2, -0.15) is 4.31 Å². The van der Waals surface area contributed by atoms with Gasteiger partial charge in [0.1, 0.15) is 10.6 Å². The molecular formula is C17H21N3O4S. The van der Waals surface area contributed by atoms with Crippen LogP contribution in [0.15, 0.2) is 41.4 Å². The molecule has 0 saturated carbocycles. The molecule has 1 aliphatic rings. The van der Waals surface area contributed by atoms with Crippen molar-refractivity contribution in [2.24, 2.45) is 7.05 Å². The third-order valence-corrected chi connectivity index (χ3v) is 5.99. The molecule has 1 aromatic heterocycles. The van der Waals surface area contributed by atoms with E-state index in [4.69, 9.17) is 4.74 Å². The van der Waals surface area contributed by atoms with Gasteiger partial charge >= 0.3 is 0 Å². The Morgan fingerprint density at radius 3 is 2.44 bits per heavy atom. The molecule has 25 heavy (non-hydrogen) atoms. The van der Waals surface area contributed by atoms with E-state index < -0.39 is 10.0 Å². The maximum Gasteiger partial charge on any atom is 0.272 e. The predicted octanol–water partition coefficient (Wildman–Crippen LogP) is 1.61. The van der Waals surface area contributed by atoms with Crippen LogP contribution in [0, 0.1) is 6.92 Å². The lowest BCUT2D eigenvalue weighted by Crippen LogP contribution is -2.40. The van der Waals surface area contributed by atoms with Gasteiger partial charge in [0, 0.05) is 32.0 Å². The summed E-state index contributed by atoms with van der Waals surface area (Å²) in [7, 11) is -1.97. The van der Waals surface area contributed by atoms with Gasteiger partial charge in [-0.25, -0.2) is 8.42 Å². The minimum Gasteiger partial charge on any atom is -0.379 e. The summed E-state index contributed by atoms with van der Waals surface area (Å²) in [5, 5.41) is 2.78. The van der Waals surface area contributed by atoms with E-state index in [9.17, 15) is 13.2 Å². The average Bonchev–Trinajstić information content (AvgIpc) is 3.00. The van der Waals surface area contributed by atoms with Gasteiger partial charge in [0.2, 0.25) is 10.0 Å². The molecule has 0 radical (unpaired) electrons. The molecule has 0 atom stereocenters. The number of amides is 1. The SMILES string of the molecule is Cc1ccc(NC(=O)c2cc(S(=O)(=O)N3CCOCC3)cn2C)cc1. The van der Waals surface area contributed by atoms with Crippen molar-refractivity contribution in [3.05, 3.63) is 47.8 Å². The standard InChI is InChI=1S/C17H21N3O4S/c1-13-3-5-14(6-4-13)18-17(21)16-11-15(12-19(16)2)25(22,23)20-7-9-24-10-8-20/h3-6,11-12H,7-10H2,1-2H3,(H,18,21). The highest BCUT2D eigenvalue weighted by Crippen LogP contribution is 2.20. The van der Waals surface area contributed by atoms with Crippen molar-refractivity contribution >= 4 is 21.6 Å². The summed E-state index contributed by atoms with van der Waals surface area (Å²) in [6.07, 6.45) is 1.47. The number of nitrogens with one attached hydrogen (secondary N) is 1. The van der Waals surface area contributed by atoms with Gasteiger partial charge in [0.25, 0.3) is 5.91 Å². The Kier molecular flexibility index (Phi) is 4.94. The monoisotopic (exact) mass is 363 g/mol. The van der Waals surface area contributed by atoms with Gasteiger partial charge < -0.3 is 14.6 Å². The summed E-state index contributed by atoms with van der Waals surface area (Å²) < 4.78 is 33.5. The Morgan fingerprint density at radius 2 is 1.80 bits per heavy atom. The molecule has 7 nitrogen and oxygen atoms in total. The molecule has 1 fully saturated rings. The minimum atomic E-state index is -3.62. The molecule has 3 rings (SSSR count). The predicted molar refractivity (Wildman–Crippen MR) is 94.1 cm³/mol. The molecule has 2 aromatic rings. The van der Waals surface area contributed by atoms with E-state index in [0.717, 1.165) is 5.56 Å². The Hall–Kier alpha value is -2.16. The van der Waals surface area contributed by atoms with Gasteiger partial charge in [-0.1, -0.05) is 17.7 Å². The zero-order chi connectivity index (χ0) is 18.0. The van der Waals surface area contributed by atoms with Crippen molar-refractivity contribution in [1.82, 2.24) is 8.87 Å². The minimum absolute atomic E-state index is 0.117. The number of aromatic nitrogens is 1. The number of rotatable bonds is 4. The molecule has 1 aliphatic heterocycles. The first-order valence-electron chi connectivity index (χ1n) is 8.00. The van der Waals surface area contributed by atoms with Gasteiger partial charge in [-0.05, 0) is 25.1 Å². The quantitative estimate of drug-likeness (QED) is 0.895. The Balaban J connectivity index is 1.81. The lowest BCUT2D eigenvalue weighted by molar-refractivity contribution is 0.0730. The zero-order valence-electron chi connectivity index (χ0n) is 14.2. The maximum atomic E-state index is 12.7. The van der Waals surface area contributed by atoms with E-state index in [2.05, 4.69) is 5.32 Å². The normalized spacial score (nSPS) is 15.9. The molecule has 1 amide bonds. The second-order valence-electron chi connectivity index (χ2n) is 6.01. The molecule has 0 aliphatic carbocycles. The molecular weight excluding hydrogens is 342 g/mol. The zero-order valence-corrected chi connectivity index (χ0v) is 15.0. The summed E-state index contributed by atoms with van der Waals surface area (Å²) in [5.41, 5.74) is 2.04. The third-order valence-electron chi connectivity index (χ3n) is 4.13. The number of morpholine rings is 1. The van der Waals surface area contributed by atoms with Gasteiger partial charge in [-0.3, -0.25) is 4.79 Å². The first-order chi connectivity index (χ1) is 11.9. The lowest BCUT2D eigenvalue weighted by Gasteiger charge is -2.25. The van der Waals surface area contributed by atoms with Crippen molar-refractivity contribution < 1.29 is 17.9 Å². The van der Waals surface area contributed by atoms with Crippen LogP contribution >= 0.6 is 0 Å². The van der Waals surface area contributed by atoms with E-state index in [1.165, 1.54) is 21.1 Å². The van der Waals surface area contributed by atoms with E-state index in [1.54, 1.807) is 7.05 Å². The average molecular weight is 363 g/mol. The summed E-state index contributed by atoms with van der Waals surface area (Å²) in [4.78, 5) is 12.6. The van der Waals surface area contributed by atoms with Crippen LogP contribution in [0.2, 0.25) is 0 Å². The van der Waals surface area contributed by atoms with Crippen LogP contribution in [0.4, 0.5) is 5.69 Å². The van der Waals surface area contributed by atoms with Gasteiger partial charge in [0.15, 0.2) is 0 Å². The number of anilines is 1. The van der Waals surface area contributed by atoms with Crippen LogP contribution < -0.4 is 5.32 Å². The highest BCUT2D eigenvalue weighted by Gasteiger charge is 2.28. The van der Waals surface area contributed by atoms with Crippen molar-refractivity contribution in [3.63, 3.8) is 0 Å². The fourth-order valence-corrected chi connectivity index (χ4v) is 4.15. The highest BCUT2D eigenvalue weighted by atomic mass is 32.2. The number of carbonyl (C=O) groups is 1. The number of nitrogens with zero attached hydrogens (tertiary/aromatic N) is 2. The number of carbonyl (C=O) groups excluding carboxylic acids is 1. The molecule has 0 spiro atoms. The fraction of sp³-hybridized carbons (Fsp3) is 0.353. The fourth-order valence-electron chi connectivity index (χ4n) is 2.67. The smallest absolute Gasteiger partial charge is 0.272 e. The van der Waals surface area contributed by atoms with Crippen LogP contribution in [-0.2, 0) is 21.8 Å². The van der Waals surface area contributed by atoms with Crippen LogP contribution in [0.5, 0.6) is 0 Å². The Bertz CT molecular complexity index is 866. The molecule has 1 aromatic carbocycles. The molecule has 1 saturated heterocycles. The number of hydrogen-bond acceptors (Lipinski definition) is 4. The molecule has 8 heteroatoms. The highest BCUT2D eigenvalue weighted by molar-refractivity contribution is 7.89. The molecule has 0 bridgehead atoms. The molecule has 2 heterocycles. The largest absolute Gasteiger partial charge is 0.379 e. The van der Waals surface area contributed by atoms with E-state index >= 15 is 0 Å². The molecule has 1 N–H and O–H groups in total. The Morgan fingerprint density at radius 1 is 1.16 bits per heavy atom. The second kappa shape index (κ2) is 6.99. The molecule has 134 valence electrons. The summed E-state index contributed by atoms with van der Waals surface area (Å²) in [6.45, 7) is 3.37. The second-order valence-corrected chi connectivity index (χ2v) is 7.95. The number of sulfonamides is 1. The van der Waals surface area contributed by atoms with Crippen molar-refractivity contribution in [2.45, 2.75) is 11.8 Å². The van der Waals surface area contributed by atoms with Crippen LogP contribution in [-0.4, -0.2) is 49.5 Å². The van der Waals surface area contributed by atoms with Gasteiger partial charge in [-0.15, -0.1) is 0 Å². The van der Waals surface area contributed by atoms with E-state index in [1.807, 2.05) is 31.2 Å². The summed E-state index contributed by atoms with van der Waals surface area (Å²) in [5.74, 6) is -0.352. The van der Waals surface area contributed by atoms with Crippen LogP contribution in [0.1, 0.15) is 16.1 Å². The van der Waals surface area contributed by atoms with E-state index in [-0.39, 0.29) is 16.5 Å². The lowest BCUT2D eigenvalue weighted by atomic mass is 10.2. The number of hydrogen-bond donors (Lipinski definition) is 1. The first kappa shape index (κ1) is 17.7. The van der Waals surface area contributed by atoms with Crippen LogP contribution in [0.3, 0.4) is 0 Å². The number of ether oxygens (including phenoxy) is 1. The summed E-state index contributed by atoms with van der Waals surface area (Å²) in [6, 6.07) is 8.82. The van der Waals surface area contributed by atoms with Crippen molar-refractivity contribution in [1.29, 1.82) is 0 Å². The van der Waals surface area contributed by atoms with Gasteiger partial charge in [0.05, 0.1) is 13.2 Å². The maximum absolute atomic E-state index is 12.7. The first-order valence-corrected chi connectivity index (χ1v) is 9.44. The third kappa shape index (κ3) is 3.76. The van der Waals surface area contributed by atoms with E-state index in [0.29, 0.717) is 32.0 Å². The topological polar surface area (TPSA) is 80.6 Å². The van der Waals surface area contributed by atoms with Crippen LogP contribution in [0.25, 0.3) is 0 Å². The summed E-state index contributed by atoms with van der Waals surface area (Å²) >= 11 is 0. The van der Waals surface area contributed by atoms with Crippen molar-refractivity contribution in [2.75, 3.05) is 31.6 Å². The van der Waals surface area contributed by atoms with Crippen molar-refractivity contribution in [3.8, 4) is 0 Å². The molecule has 0 unspecified atom stereocenters.